The molecule has 0 bridgehead atoms. The zero-order chi connectivity index (χ0) is 18.8. The Labute approximate surface area is 154 Å². The Morgan fingerprint density at radius 2 is 1.92 bits per heavy atom. The minimum absolute atomic E-state index is 0.0662. The molecule has 1 N–H and O–H groups in total. The maximum atomic E-state index is 12.9. The van der Waals surface area contributed by atoms with E-state index in [0.717, 1.165) is 16.8 Å². The average Bonchev–Trinajstić information content (AvgIpc) is 3.25. The summed E-state index contributed by atoms with van der Waals surface area (Å²) < 4.78 is 7.18. The van der Waals surface area contributed by atoms with Crippen LogP contribution in [0.25, 0.3) is 17.1 Å². The van der Waals surface area contributed by atoms with Crippen LogP contribution in [-0.2, 0) is 0 Å². The maximum absolute atomic E-state index is 12.9. The van der Waals surface area contributed by atoms with Crippen LogP contribution in [0.3, 0.4) is 0 Å². The molecule has 1 amide bonds. The highest BCUT2D eigenvalue weighted by Crippen LogP contribution is 2.24. The molecule has 1 atom stereocenters. The standard InChI is InChI=1S/C21H25N3O2/c1-13(2)16(5)22-21(25)19-12-17(20-7-6-10-26-20)23-24(19)18-11-14(3)8-9-15(18)4/h6-13,16H,1-5H3,(H,22,25). The Balaban J connectivity index is 2.09. The maximum Gasteiger partial charge on any atom is 0.270 e. The largest absolute Gasteiger partial charge is 0.463 e. The van der Waals surface area contributed by atoms with E-state index < -0.39 is 0 Å². The second-order valence-electron chi connectivity index (χ2n) is 7.10. The summed E-state index contributed by atoms with van der Waals surface area (Å²) in [7, 11) is 0. The molecule has 26 heavy (non-hydrogen) atoms. The summed E-state index contributed by atoms with van der Waals surface area (Å²) in [5.41, 5.74) is 4.19. The van der Waals surface area contributed by atoms with Gasteiger partial charge in [-0.25, -0.2) is 4.68 Å². The highest BCUT2D eigenvalue weighted by Gasteiger charge is 2.21. The number of aromatic nitrogens is 2. The van der Waals surface area contributed by atoms with Crippen LogP contribution in [-0.4, -0.2) is 21.7 Å². The van der Waals surface area contributed by atoms with E-state index in [1.54, 1.807) is 17.0 Å². The number of furan rings is 1. The molecule has 5 nitrogen and oxygen atoms in total. The van der Waals surface area contributed by atoms with Crippen molar-refractivity contribution in [3.63, 3.8) is 0 Å². The first-order valence-electron chi connectivity index (χ1n) is 8.89. The quantitative estimate of drug-likeness (QED) is 0.735. The molecule has 0 aliphatic heterocycles. The van der Waals surface area contributed by atoms with Crippen molar-refractivity contribution in [3.05, 3.63) is 59.5 Å². The topological polar surface area (TPSA) is 60.1 Å². The number of carbonyl (C=O) groups excluding carboxylic acids is 1. The molecule has 0 fully saturated rings. The molecule has 0 aliphatic carbocycles. The van der Waals surface area contributed by atoms with Gasteiger partial charge in [0.1, 0.15) is 11.4 Å². The minimum Gasteiger partial charge on any atom is -0.463 e. The fourth-order valence-corrected chi connectivity index (χ4v) is 2.67. The SMILES string of the molecule is Cc1ccc(C)c(-n2nc(-c3ccco3)cc2C(=O)NC(C)C(C)C)c1. The van der Waals surface area contributed by atoms with Gasteiger partial charge in [0.15, 0.2) is 5.76 Å². The zero-order valence-electron chi connectivity index (χ0n) is 15.9. The van der Waals surface area contributed by atoms with Gasteiger partial charge in [-0.2, -0.15) is 5.10 Å². The number of amides is 1. The average molecular weight is 351 g/mol. The molecular formula is C21H25N3O2. The van der Waals surface area contributed by atoms with E-state index in [0.29, 0.717) is 23.1 Å². The number of hydrogen-bond donors (Lipinski definition) is 1. The van der Waals surface area contributed by atoms with Gasteiger partial charge in [-0.15, -0.1) is 0 Å². The van der Waals surface area contributed by atoms with Crippen molar-refractivity contribution in [2.75, 3.05) is 0 Å². The fraction of sp³-hybridized carbons (Fsp3) is 0.333. The summed E-state index contributed by atoms with van der Waals surface area (Å²) in [4.78, 5) is 12.9. The lowest BCUT2D eigenvalue weighted by Crippen LogP contribution is -2.37. The van der Waals surface area contributed by atoms with Crippen molar-refractivity contribution in [1.82, 2.24) is 15.1 Å². The van der Waals surface area contributed by atoms with Crippen LogP contribution in [0.5, 0.6) is 0 Å². The molecule has 136 valence electrons. The molecule has 3 aromatic rings. The molecule has 0 spiro atoms. The van der Waals surface area contributed by atoms with E-state index in [2.05, 4.69) is 30.3 Å². The van der Waals surface area contributed by atoms with Crippen LogP contribution in [0.2, 0.25) is 0 Å². The first-order valence-corrected chi connectivity index (χ1v) is 8.89. The van der Waals surface area contributed by atoms with Crippen molar-refractivity contribution in [2.24, 2.45) is 5.92 Å². The van der Waals surface area contributed by atoms with E-state index in [9.17, 15) is 4.79 Å². The number of benzene rings is 1. The predicted molar refractivity (Wildman–Crippen MR) is 103 cm³/mol. The lowest BCUT2D eigenvalue weighted by atomic mass is 10.1. The van der Waals surface area contributed by atoms with Crippen molar-refractivity contribution in [2.45, 2.75) is 40.7 Å². The molecule has 2 heterocycles. The molecule has 5 heteroatoms. The highest BCUT2D eigenvalue weighted by molar-refractivity contribution is 5.94. The summed E-state index contributed by atoms with van der Waals surface area (Å²) in [5.74, 6) is 0.845. The smallest absolute Gasteiger partial charge is 0.270 e. The molecular weight excluding hydrogens is 326 g/mol. The molecule has 1 unspecified atom stereocenters. The molecule has 0 saturated heterocycles. The Kier molecular flexibility index (Phi) is 4.98. The summed E-state index contributed by atoms with van der Waals surface area (Å²) in [5, 5.41) is 7.73. The van der Waals surface area contributed by atoms with Gasteiger partial charge < -0.3 is 9.73 Å². The highest BCUT2D eigenvalue weighted by atomic mass is 16.3. The second-order valence-corrected chi connectivity index (χ2v) is 7.10. The molecule has 0 radical (unpaired) electrons. The van der Waals surface area contributed by atoms with Gasteiger partial charge in [-0.1, -0.05) is 26.0 Å². The van der Waals surface area contributed by atoms with E-state index in [1.807, 2.05) is 45.0 Å². The first kappa shape index (κ1) is 18.0. The third-order valence-electron chi connectivity index (χ3n) is 4.67. The van der Waals surface area contributed by atoms with Crippen LogP contribution >= 0.6 is 0 Å². The van der Waals surface area contributed by atoms with E-state index >= 15 is 0 Å². The molecule has 0 aliphatic rings. The fourth-order valence-electron chi connectivity index (χ4n) is 2.67. The lowest BCUT2D eigenvalue weighted by molar-refractivity contribution is 0.0922. The van der Waals surface area contributed by atoms with Crippen LogP contribution in [0, 0.1) is 19.8 Å². The minimum atomic E-state index is -0.141. The normalized spacial score (nSPS) is 12.4. The Hall–Kier alpha value is -2.82. The van der Waals surface area contributed by atoms with Gasteiger partial charge in [0, 0.05) is 12.1 Å². The molecule has 0 saturated carbocycles. The van der Waals surface area contributed by atoms with Gasteiger partial charge in [0.05, 0.1) is 12.0 Å². The van der Waals surface area contributed by atoms with Gasteiger partial charge in [0.2, 0.25) is 0 Å². The van der Waals surface area contributed by atoms with Gasteiger partial charge in [0.25, 0.3) is 5.91 Å². The third kappa shape index (κ3) is 3.57. The summed E-state index contributed by atoms with van der Waals surface area (Å²) in [6.45, 7) is 10.2. The lowest BCUT2D eigenvalue weighted by Gasteiger charge is -2.18. The van der Waals surface area contributed by atoms with Crippen molar-refractivity contribution in [3.8, 4) is 17.1 Å². The first-order chi connectivity index (χ1) is 12.4. The Morgan fingerprint density at radius 1 is 1.15 bits per heavy atom. The number of aryl methyl sites for hydroxylation is 2. The van der Waals surface area contributed by atoms with Crippen LogP contribution < -0.4 is 5.32 Å². The Bertz CT molecular complexity index is 907. The van der Waals surface area contributed by atoms with E-state index in [-0.39, 0.29) is 11.9 Å². The predicted octanol–water partition coefficient (Wildman–Crippen LogP) is 4.52. The number of rotatable bonds is 5. The molecule has 1 aromatic carbocycles. The Morgan fingerprint density at radius 3 is 2.58 bits per heavy atom. The van der Waals surface area contributed by atoms with E-state index in [4.69, 9.17) is 4.42 Å². The molecule has 2 aromatic heterocycles. The number of hydrogen-bond acceptors (Lipinski definition) is 3. The van der Waals surface area contributed by atoms with E-state index in [1.165, 1.54) is 0 Å². The van der Waals surface area contributed by atoms with Gasteiger partial charge >= 0.3 is 0 Å². The second kappa shape index (κ2) is 7.20. The molecule has 3 rings (SSSR count). The third-order valence-corrected chi connectivity index (χ3v) is 4.67. The van der Waals surface area contributed by atoms with Crippen molar-refractivity contribution >= 4 is 5.91 Å². The number of nitrogens with zero attached hydrogens (tertiary/aromatic N) is 2. The van der Waals surface area contributed by atoms with Gasteiger partial charge in [-0.05, 0) is 56.0 Å². The van der Waals surface area contributed by atoms with Crippen LogP contribution in [0.4, 0.5) is 0 Å². The monoisotopic (exact) mass is 351 g/mol. The summed E-state index contributed by atoms with van der Waals surface area (Å²) in [6.07, 6.45) is 1.60. The summed E-state index contributed by atoms with van der Waals surface area (Å²) in [6, 6.07) is 11.6. The van der Waals surface area contributed by atoms with Crippen molar-refractivity contribution < 1.29 is 9.21 Å². The number of carbonyl (C=O) groups is 1. The number of nitrogens with one attached hydrogen (secondary N) is 1. The van der Waals surface area contributed by atoms with Crippen LogP contribution in [0.1, 0.15) is 42.4 Å². The van der Waals surface area contributed by atoms with Crippen LogP contribution in [0.15, 0.2) is 47.1 Å². The van der Waals surface area contributed by atoms with Gasteiger partial charge in [-0.3, -0.25) is 4.79 Å². The summed E-state index contributed by atoms with van der Waals surface area (Å²) >= 11 is 0. The van der Waals surface area contributed by atoms with Crippen molar-refractivity contribution in [1.29, 1.82) is 0 Å². The zero-order valence-corrected chi connectivity index (χ0v) is 15.9.